The average Bonchev–Trinajstić information content (AvgIpc) is 3.22. The number of oxazole rings is 1. The number of hydrogen-bond donors (Lipinski definition) is 2. The zero-order chi connectivity index (χ0) is 17.2. The Morgan fingerprint density at radius 2 is 2.00 bits per heavy atom. The van der Waals surface area contributed by atoms with E-state index in [4.69, 9.17) is 9.52 Å². The van der Waals surface area contributed by atoms with Gasteiger partial charge in [-0.3, -0.25) is 4.40 Å². The van der Waals surface area contributed by atoms with E-state index in [1.54, 1.807) is 35.0 Å². The van der Waals surface area contributed by atoms with Gasteiger partial charge in [0.25, 0.3) is 0 Å². The number of nitrogens with one attached hydrogen (secondary N) is 1. The van der Waals surface area contributed by atoms with E-state index >= 15 is 0 Å². The highest BCUT2D eigenvalue weighted by atomic mass is 19.1. The molecule has 0 radical (unpaired) electrons. The van der Waals surface area contributed by atoms with Crippen LogP contribution in [0.1, 0.15) is 0 Å². The van der Waals surface area contributed by atoms with Crippen LogP contribution in [0.5, 0.6) is 0 Å². The molecule has 0 amide bonds. The zero-order valence-corrected chi connectivity index (χ0v) is 13.1. The number of rotatable bonds is 5. The smallest absolute Gasteiger partial charge is 0.306 e. The van der Waals surface area contributed by atoms with E-state index < -0.39 is 0 Å². The first-order chi connectivity index (χ1) is 12.3. The molecular weight excluding hydrogens is 325 g/mol. The lowest BCUT2D eigenvalue weighted by Crippen LogP contribution is -2.08. The molecule has 0 aliphatic heterocycles. The number of nitrogens with zero attached hydrogens (tertiary/aromatic N) is 4. The van der Waals surface area contributed by atoms with E-state index in [1.807, 2.05) is 0 Å². The molecule has 0 aliphatic carbocycles. The minimum Gasteiger partial charge on any atom is -0.432 e. The number of anilines is 1. The summed E-state index contributed by atoms with van der Waals surface area (Å²) in [5.74, 6) is 0.499. The monoisotopic (exact) mass is 339 g/mol. The molecular formula is C17H14FN5O2. The number of aliphatic hydroxyl groups is 1. The Kier molecular flexibility index (Phi) is 3.87. The Hall–Kier alpha value is -3.26. The maximum absolute atomic E-state index is 13.2. The zero-order valence-electron chi connectivity index (χ0n) is 13.1. The fraction of sp³-hybridized carbons (Fsp3) is 0.118. The van der Waals surface area contributed by atoms with Gasteiger partial charge >= 0.3 is 5.84 Å². The van der Waals surface area contributed by atoms with Crippen LogP contribution in [-0.2, 0) is 0 Å². The third kappa shape index (κ3) is 2.83. The number of hydrogen-bond acceptors (Lipinski definition) is 6. The first kappa shape index (κ1) is 15.3. The first-order valence-electron chi connectivity index (χ1n) is 7.66. The average molecular weight is 339 g/mol. The molecule has 4 rings (SSSR count). The maximum atomic E-state index is 13.2. The highest BCUT2D eigenvalue weighted by Crippen LogP contribution is 2.32. The third-order valence-corrected chi connectivity index (χ3v) is 3.67. The van der Waals surface area contributed by atoms with Crippen molar-refractivity contribution in [1.82, 2.24) is 19.4 Å². The largest absolute Gasteiger partial charge is 0.432 e. The molecule has 7 nitrogen and oxygen atoms in total. The molecule has 0 spiro atoms. The van der Waals surface area contributed by atoms with E-state index in [0.717, 1.165) is 5.56 Å². The Balaban J connectivity index is 1.87. The Morgan fingerprint density at radius 1 is 1.16 bits per heavy atom. The fourth-order valence-electron chi connectivity index (χ4n) is 2.58. The van der Waals surface area contributed by atoms with Gasteiger partial charge in [-0.25, -0.2) is 14.4 Å². The Labute approximate surface area is 141 Å². The molecule has 0 bridgehead atoms. The molecule has 3 heterocycles. The van der Waals surface area contributed by atoms with Crippen molar-refractivity contribution in [3.63, 3.8) is 0 Å². The van der Waals surface area contributed by atoms with Gasteiger partial charge in [0.1, 0.15) is 23.5 Å². The lowest BCUT2D eigenvalue weighted by Gasteiger charge is -2.07. The van der Waals surface area contributed by atoms with Crippen LogP contribution in [-0.4, -0.2) is 37.6 Å². The SMILES string of the molecule is OCCNc1nccc(-c2c(-c3ccc(F)cc3)nc3occn23)n1. The number of imidazole rings is 1. The fourth-order valence-corrected chi connectivity index (χ4v) is 2.58. The molecule has 126 valence electrons. The second-order valence-corrected chi connectivity index (χ2v) is 5.29. The molecule has 25 heavy (non-hydrogen) atoms. The van der Waals surface area contributed by atoms with Gasteiger partial charge in [-0.2, -0.15) is 4.98 Å². The minimum atomic E-state index is -0.314. The van der Waals surface area contributed by atoms with Crippen LogP contribution in [0.25, 0.3) is 28.5 Å². The first-order valence-corrected chi connectivity index (χ1v) is 7.66. The summed E-state index contributed by atoms with van der Waals surface area (Å²) in [6.45, 7) is 0.328. The molecule has 0 fully saturated rings. The summed E-state index contributed by atoms with van der Waals surface area (Å²) in [4.78, 5) is 13.1. The topological polar surface area (TPSA) is 88.5 Å². The quantitative estimate of drug-likeness (QED) is 0.581. The molecule has 0 saturated heterocycles. The van der Waals surface area contributed by atoms with Crippen LogP contribution >= 0.6 is 0 Å². The second-order valence-electron chi connectivity index (χ2n) is 5.29. The van der Waals surface area contributed by atoms with Crippen molar-refractivity contribution < 1.29 is 13.9 Å². The van der Waals surface area contributed by atoms with Gasteiger partial charge in [0.2, 0.25) is 5.95 Å². The number of aliphatic hydroxyl groups excluding tert-OH is 1. The van der Waals surface area contributed by atoms with Crippen LogP contribution in [0.2, 0.25) is 0 Å². The van der Waals surface area contributed by atoms with Crippen LogP contribution in [0.3, 0.4) is 0 Å². The van der Waals surface area contributed by atoms with Gasteiger partial charge in [-0.1, -0.05) is 0 Å². The predicted molar refractivity (Wildman–Crippen MR) is 89.5 cm³/mol. The molecule has 0 atom stereocenters. The Morgan fingerprint density at radius 3 is 2.80 bits per heavy atom. The summed E-state index contributed by atoms with van der Waals surface area (Å²) in [7, 11) is 0. The van der Waals surface area contributed by atoms with E-state index in [0.29, 0.717) is 35.4 Å². The molecule has 4 aromatic rings. The van der Waals surface area contributed by atoms with Crippen molar-refractivity contribution in [3.8, 4) is 22.6 Å². The molecule has 0 unspecified atom stereocenters. The van der Waals surface area contributed by atoms with E-state index in [9.17, 15) is 4.39 Å². The van der Waals surface area contributed by atoms with Crippen molar-refractivity contribution in [2.75, 3.05) is 18.5 Å². The van der Waals surface area contributed by atoms with Gasteiger partial charge in [-0.05, 0) is 30.3 Å². The summed E-state index contributed by atoms with van der Waals surface area (Å²) in [5, 5.41) is 11.9. The molecule has 8 heteroatoms. The molecule has 2 N–H and O–H groups in total. The Bertz CT molecular complexity index is 1010. The van der Waals surface area contributed by atoms with Crippen LogP contribution < -0.4 is 5.32 Å². The third-order valence-electron chi connectivity index (χ3n) is 3.67. The van der Waals surface area contributed by atoms with Crippen molar-refractivity contribution in [2.24, 2.45) is 0 Å². The summed E-state index contributed by atoms with van der Waals surface area (Å²) in [5.41, 5.74) is 2.72. The van der Waals surface area contributed by atoms with Crippen molar-refractivity contribution in [2.45, 2.75) is 0 Å². The van der Waals surface area contributed by atoms with Crippen molar-refractivity contribution in [3.05, 3.63) is 54.8 Å². The molecule has 0 saturated carbocycles. The summed E-state index contributed by atoms with van der Waals surface area (Å²) in [6.07, 6.45) is 4.90. The summed E-state index contributed by atoms with van der Waals surface area (Å²) in [6, 6.07) is 7.84. The molecule has 1 aromatic carbocycles. The predicted octanol–water partition coefficient (Wildman–Crippen LogP) is 2.59. The highest BCUT2D eigenvalue weighted by molar-refractivity contribution is 5.79. The van der Waals surface area contributed by atoms with Crippen LogP contribution in [0, 0.1) is 5.82 Å². The van der Waals surface area contributed by atoms with Crippen LogP contribution in [0.15, 0.2) is 53.4 Å². The lowest BCUT2D eigenvalue weighted by molar-refractivity contribution is 0.311. The van der Waals surface area contributed by atoms with Gasteiger partial charge in [0.15, 0.2) is 0 Å². The summed E-state index contributed by atoms with van der Waals surface area (Å²) >= 11 is 0. The number of benzene rings is 1. The number of fused-ring (bicyclic) bond motifs is 1. The van der Waals surface area contributed by atoms with Gasteiger partial charge in [-0.15, -0.1) is 0 Å². The normalized spacial score (nSPS) is 11.1. The van der Waals surface area contributed by atoms with Crippen LogP contribution in [0.4, 0.5) is 10.3 Å². The van der Waals surface area contributed by atoms with E-state index in [2.05, 4.69) is 20.3 Å². The van der Waals surface area contributed by atoms with Gasteiger partial charge in [0, 0.05) is 24.5 Å². The molecule has 3 aromatic heterocycles. The number of aromatic nitrogens is 4. The molecule has 0 aliphatic rings. The summed E-state index contributed by atoms with van der Waals surface area (Å²) < 4.78 is 20.4. The standard InChI is InChI=1S/C17H14FN5O2/c18-12-3-1-11(2-4-12)14-15(23-8-10-25-17(23)22-14)13-5-6-19-16(21-13)20-7-9-24/h1-6,8,10,24H,7,9H2,(H,19,20,21). The lowest BCUT2D eigenvalue weighted by atomic mass is 10.1. The maximum Gasteiger partial charge on any atom is 0.306 e. The van der Waals surface area contributed by atoms with Gasteiger partial charge < -0.3 is 14.8 Å². The second kappa shape index (κ2) is 6.33. The van der Waals surface area contributed by atoms with Gasteiger partial charge in [0.05, 0.1) is 12.3 Å². The van der Waals surface area contributed by atoms with E-state index in [1.165, 1.54) is 18.4 Å². The number of halogens is 1. The minimum absolute atomic E-state index is 0.0208. The highest BCUT2D eigenvalue weighted by Gasteiger charge is 2.19. The van der Waals surface area contributed by atoms with Crippen molar-refractivity contribution >= 4 is 11.8 Å². The van der Waals surface area contributed by atoms with E-state index in [-0.39, 0.29) is 12.4 Å². The van der Waals surface area contributed by atoms with Crippen molar-refractivity contribution in [1.29, 1.82) is 0 Å².